The lowest BCUT2D eigenvalue weighted by atomic mass is 10.1. The second-order valence-electron chi connectivity index (χ2n) is 4.02. The maximum Gasteiger partial charge on any atom is 0.340 e. The van der Waals surface area contributed by atoms with Gasteiger partial charge in [-0.3, -0.25) is 10.1 Å². The second-order valence-corrected chi connectivity index (χ2v) is 4.88. The van der Waals surface area contributed by atoms with E-state index < -0.39 is 22.4 Å². The molecule has 110 valence electrons. The molecule has 2 rings (SSSR count). The number of aryl methyl sites for hydroxylation is 1. The van der Waals surface area contributed by atoms with Gasteiger partial charge in [0.2, 0.25) is 0 Å². The van der Waals surface area contributed by atoms with Crippen molar-refractivity contribution in [3.63, 3.8) is 0 Å². The Labute approximate surface area is 122 Å². The van der Waals surface area contributed by atoms with Gasteiger partial charge in [0.25, 0.3) is 5.69 Å². The Morgan fingerprint density at radius 1 is 1.52 bits per heavy atom. The summed E-state index contributed by atoms with van der Waals surface area (Å²) < 4.78 is 18.2. The van der Waals surface area contributed by atoms with Gasteiger partial charge < -0.3 is 10.1 Å². The van der Waals surface area contributed by atoms with Crippen LogP contribution < -0.4 is 5.32 Å². The number of nitro groups is 1. The average Bonchev–Trinajstić information content (AvgIpc) is 2.84. The summed E-state index contributed by atoms with van der Waals surface area (Å²) in [7, 11) is 1.10. The van der Waals surface area contributed by atoms with Gasteiger partial charge in [0.15, 0.2) is 5.13 Å². The average molecular weight is 311 g/mol. The third-order valence-electron chi connectivity index (χ3n) is 2.55. The lowest BCUT2D eigenvalue weighted by Crippen LogP contribution is -2.07. The Morgan fingerprint density at radius 3 is 2.76 bits per heavy atom. The molecule has 0 saturated heterocycles. The monoisotopic (exact) mass is 311 g/mol. The molecule has 0 spiro atoms. The fraction of sp³-hybridized carbons (Fsp3) is 0.167. The minimum absolute atomic E-state index is 0.0313. The first kappa shape index (κ1) is 14.9. The molecule has 0 fully saturated rings. The molecule has 0 unspecified atom stereocenters. The van der Waals surface area contributed by atoms with Gasteiger partial charge in [0.05, 0.1) is 29.4 Å². The van der Waals surface area contributed by atoms with Crippen molar-refractivity contribution < 1.29 is 18.8 Å². The summed E-state index contributed by atoms with van der Waals surface area (Å²) in [6, 6.07) is 1.71. The number of thiazole rings is 1. The summed E-state index contributed by atoms with van der Waals surface area (Å²) in [4.78, 5) is 25.8. The lowest BCUT2D eigenvalue weighted by Gasteiger charge is -2.07. The molecule has 0 saturated carbocycles. The molecule has 9 heteroatoms. The zero-order valence-corrected chi connectivity index (χ0v) is 11.9. The normalized spacial score (nSPS) is 10.2. The first-order valence-corrected chi connectivity index (χ1v) is 6.55. The van der Waals surface area contributed by atoms with Crippen molar-refractivity contribution in [2.24, 2.45) is 0 Å². The predicted molar refractivity (Wildman–Crippen MR) is 74.5 cm³/mol. The Kier molecular flexibility index (Phi) is 4.13. The maximum absolute atomic E-state index is 13.7. The number of carbonyl (C=O) groups excluding carboxylic acids is 1. The number of esters is 1. The quantitative estimate of drug-likeness (QED) is 0.530. The van der Waals surface area contributed by atoms with E-state index in [-0.39, 0.29) is 11.3 Å². The van der Waals surface area contributed by atoms with Crippen molar-refractivity contribution in [3.05, 3.63) is 44.7 Å². The van der Waals surface area contributed by atoms with Gasteiger partial charge in [-0.25, -0.2) is 14.2 Å². The van der Waals surface area contributed by atoms with Crippen molar-refractivity contribution in [3.8, 4) is 0 Å². The van der Waals surface area contributed by atoms with Gasteiger partial charge in [-0.1, -0.05) is 0 Å². The Balaban J connectivity index is 2.50. The van der Waals surface area contributed by atoms with Gasteiger partial charge >= 0.3 is 5.97 Å². The van der Waals surface area contributed by atoms with Crippen LogP contribution in [0.5, 0.6) is 0 Å². The number of hydrogen-bond donors (Lipinski definition) is 1. The highest BCUT2D eigenvalue weighted by Crippen LogP contribution is 2.31. The summed E-state index contributed by atoms with van der Waals surface area (Å²) in [5.41, 5.74) is -0.177. The number of hydrogen-bond acceptors (Lipinski definition) is 7. The number of halogens is 1. The van der Waals surface area contributed by atoms with E-state index in [1.807, 2.05) is 0 Å². The molecule has 0 aliphatic carbocycles. The molecule has 2 aromatic rings. The molecular weight excluding hydrogens is 301 g/mol. The van der Waals surface area contributed by atoms with Gasteiger partial charge in [0.1, 0.15) is 11.5 Å². The first-order valence-electron chi connectivity index (χ1n) is 5.67. The predicted octanol–water partition coefficient (Wildman–Crippen LogP) is 3.03. The van der Waals surface area contributed by atoms with E-state index >= 15 is 0 Å². The van der Waals surface area contributed by atoms with Crippen molar-refractivity contribution in [2.75, 3.05) is 12.4 Å². The zero-order chi connectivity index (χ0) is 15.6. The SMILES string of the molecule is COC(=O)c1cc(Nc2nc(C)cs2)c([N+](=O)[O-])cc1F. The van der Waals surface area contributed by atoms with E-state index in [0.717, 1.165) is 18.9 Å². The molecule has 0 aliphatic rings. The standard InChI is InChI=1S/C12H10FN3O4S/c1-6-5-21-12(14-6)15-9-3-7(11(17)20-2)8(13)4-10(9)16(18)19/h3-5H,1-2H3,(H,14,15). The molecule has 0 radical (unpaired) electrons. The summed E-state index contributed by atoms with van der Waals surface area (Å²) >= 11 is 1.23. The highest BCUT2D eigenvalue weighted by atomic mass is 32.1. The summed E-state index contributed by atoms with van der Waals surface area (Å²) in [5, 5.41) is 15.8. The summed E-state index contributed by atoms with van der Waals surface area (Å²) in [6.07, 6.45) is 0. The summed E-state index contributed by atoms with van der Waals surface area (Å²) in [5.74, 6) is -1.94. The third-order valence-corrected chi connectivity index (χ3v) is 3.42. The van der Waals surface area contributed by atoms with Crippen LogP contribution in [0.4, 0.5) is 20.9 Å². The van der Waals surface area contributed by atoms with Crippen LogP contribution in [0, 0.1) is 22.9 Å². The van der Waals surface area contributed by atoms with E-state index in [0.29, 0.717) is 11.2 Å². The number of nitro benzene ring substituents is 1. The summed E-state index contributed by atoms with van der Waals surface area (Å²) in [6.45, 7) is 1.76. The Bertz CT molecular complexity index is 717. The largest absolute Gasteiger partial charge is 0.465 e. The number of nitrogens with one attached hydrogen (secondary N) is 1. The minimum atomic E-state index is -1.02. The van der Waals surface area contributed by atoms with E-state index in [1.54, 1.807) is 12.3 Å². The Morgan fingerprint density at radius 2 is 2.24 bits per heavy atom. The maximum atomic E-state index is 13.7. The fourth-order valence-corrected chi connectivity index (χ4v) is 2.31. The van der Waals surface area contributed by atoms with Crippen LogP contribution >= 0.6 is 11.3 Å². The van der Waals surface area contributed by atoms with Gasteiger partial charge in [-0.15, -0.1) is 11.3 Å². The fourth-order valence-electron chi connectivity index (χ4n) is 1.61. The van der Waals surface area contributed by atoms with Crippen molar-refractivity contribution in [1.82, 2.24) is 4.98 Å². The number of rotatable bonds is 4. The molecule has 0 atom stereocenters. The number of ether oxygens (including phenoxy) is 1. The molecule has 1 N–H and O–H groups in total. The number of nitrogens with zero attached hydrogens (tertiary/aromatic N) is 2. The molecule has 1 aromatic carbocycles. The minimum Gasteiger partial charge on any atom is -0.465 e. The van der Waals surface area contributed by atoms with Crippen LogP contribution in [0.1, 0.15) is 16.1 Å². The van der Waals surface area contributed by atoms with Crippen LogP contribution in [0.25, 0.3) is 0 Å². The molecular formula is C12H10FN3O4S. The Hall–Kier alpha value is -2.55. The van der Waals surface area contributed by atoms with E-state index in [9.17, 15) is 19.3 Å². The molecule has 0 amide bonds. The van der Waals surface area contributed by atoms with E-state index in [4.69, 9.17) is 0 Å². The number of aromatic nitrogens is 1. The van der Waals surface area contributed by atoms with Crippen LogP contribution in [0.15, 0.2) is 17.5 Å². The van der Waals surface area contributed by atoms with Crippen LogP contribution in [0.3, 0.4) is 0 Å². The molecule has 1 aromatic heterocycles. The third kappa shape index (κ3) is 3.14. The van der Waals surface area contributed by atoms with Gasteiger partial charge in [-0.05, 0) is 13.0 Å². The van der Waals surface area contributed by atoms with Crippen molar-refractivity contribution >= 4 is 33.8 Å². The number of anilines is 2. The van der Waals surface area contributed by atoms with Crippen LogP contribution in [-0.2, 0) is 4.74 Å². The highest BCUT2D eigenvalue weighted by molar-refractivity contribution is 7.13. The van der Waals surface area contributed by atoms with E-state index in [1.165, 1.54) is 11.3 Å². The lowest BCUT2D eigenvalue weighted by molar-refractivity contribution is -0.384. The van der Waals surface area contributed by atoms with Crippen LogP contribution in [-0.4, -0.2) is 23.0 Å². The van der Waals surface area contributed by atoms with Gasteiger partial charge in [-0.2, -0.15) is 0 Å². The number of benzene rings is 1. The highest BCUT2D eigenvalue weighted by Gasteiger charge is 2.23. The van der Waals surface area contributed by atoms with E-state index in [2.05, 4.69) is 15.0 Å². The first-order chi connectivity index (χ1) is 9.92. The molecule has 0 bridgehead atoms. The number of methoxy groups -OCH3 is 1. The zero-order valence-electron chi connectivity index (χ0n) is 11.0. The van der Waals surface area contributed by atoms with Crippen molar-refractivity contribution in [2.45, 2.75) is 6.92 Å². The molecule has 1 heterocycles. The second kappa shape index (κ2) is 5.83. The van der Waals surface area contributed by atoms with Crippen molar-refractivity contribution in [1.29, 1.82) is 0 Å². The molecule has 21 heavy (non-hydrogen) atoms. The molecule has 0 aliphatic heterocycles. The number of carbonyl (C=O) groups is 1. The van der Waals surface area contributed by atoms with Gasteiger partial charge in [0, 0.05) is 5.38 Å². The smallest absolute Gasteiger partial charge is 0.340 e. The topological polar surface area (TPSA) is 94.4 Å². The molecule has 7 nitrogen and oxygen atoms in total. The van der Waals surface area contributed by atoms with Crippen LogP contribution in [0.2, 0.25) is 0 Å².